The molecule has 0 spiro atoms. The van der Waals surface area contributed by atoms with Crippen LogP contribution in [0.4, 0.5) is 5.69 Å². The van der Waals surface area contributed by atoms with Gasteiger partial charge in [-0.15, -0.1) is 0 Å². The highest BCUT2D eigenvalue weighted by Gasteiger charge is 2.20. The van der Waals surface area contributed by atoms with Gasteiger partial charge in [0.2, 0.25) is 11.8 Å². The third-order valence-electron chi connectivity index (χ3n) is 4.16. The first-order valence-electron chi connectivity index (χ1n) is 7.58. The summed E-state index contributed by atoms with van der Waals surface area (Å²) in [6.07, 6.45) is 2.77. The van der Waals surface area contributed by atoms with E-state index in [-0.39, 0.29) is 11.8 Å². The molecule has 0 aromatic heterocycles. The maximum Gasteiger partial charge on any atom is 0.226 e. The normalized spacial score (nSPS) is 18.4. The summed E-state index contributed by atoms with van der Waals surface area (Å²) >= 11 is 0. The summed E-state index contributed by atoms with van der Waals surface area (Å²) in [5, 5.41) is 0. The minimum Gasteiger partial charge on any atom is -0.342 e. The molecule has 2 amide bonds. The number of rotatable bonds is 3. The van der Waals surface area contributed by atoms with Crippen LogP contribution in [0.2, 0.25) is 0 Å². The monoisotopic (exact) mass is 288 g/mol. The van der Waals surface area contributed by atoms with Gasteiger partial charge in [0.05, 0.1) is 6.42 Å². The Morgan fingerprint density at radius 2 is 1.95 bits per heavy atom. The molecule has 0 aliphatic carbocycles. The van der Waals surface area contributed by atoms with Gasteiger partial charge in [-0.05, 0) is 36.5 Å². The van der Waals surface area contributed by atoms with Crippen molar-refractivity contribution in [3.05, 3.63) is 29.8 Å². The van der Waals surface area contributed by atoms with Gasteiger partial charge in [0.15, 0.2) is 0 Å². The van der Waals surface area contributed by atoms with Crippen LogP contribution in [0.15, 0.2) is 24.3 Å². The highest BCUT2D eigenvalue weighted by Crippen LogP contribution is 2.18. The molecular weight excluding hydrogens is 264 g/mol. The summed E-state index contributed by atoms with van der Waals surface area (Å²) in [4.78, 5) is 27.2. The van der Waals surface area contributed by atoms with E-state index in [1.54, 1.807) is 11.9 Å². The molecule has 1 unspecified atom stereocenters. The predicted molar refractivity (Wildman–Crippen MR) is 84.2 cm³/mol. The molecule has 0 saturated carbocycles. The summed E-state index contributed by atoms with van der Waals surface area (Å²) in [7, 11) is 1.75. The Kier molecular flexibility index (Phi) is 4.99. The molecule has 1 fully saturated rings. The second kappa shape index (κ2) is 6.74. The molecule has 21 heavy (non-hydrogen) atoms. The van der Waals surface area contributed by atoms with Gasteiger partial charge in [-0.1, -0.05) is 19.1 Å². The Bertz CT molecular complexity index is 510. The molecule has 0 radical (unpaired) electrons. The van der Waals surface area contributed by atoms with Crippen LogP contribution in [0.25, 0.3) is 0 Å². The zero-order valence-electron chi connectivity index (χ0n) is 13.1. The molecule has 2 rings (SSSR count). The lowest BCUT2D eigenvalue weighted by molar-refractivity contribution is -0.132. The van der Waals surface area contributed by atoms with Crippen molar-refractivity contribution in [3.8, 4) is 0 Å². The van der Waals surface area contributed by atoms with Gasteiger partial charge in [-0.2, -0.15) is 0 Å². The molecule has 4 heteroatoms. The smallest absolute Gasteiger partial charge is 0.226 e. The van der Waals surface area contributed by atoms with E-state index in [9.17, 15) is 9.59 Å². The summed E-state index contributed by atoms with van der Waals surface area (Å²) in [5.74, 6) is 0.810. The molecule has 1 aliphatic heterocycles. The van der Waals surface area contributed by atoms with Crippen molar-refractivity contribution in [2.45, 2.75) is 33.1 Å². The molecule has 1 atom stereocenters. The van der Waals surface area contributed by atoms with Crippen LogP contribution >= 0.6 is 0 Å². The van der Waals surface area contributed by atoms with Crippen molar-refractivity contribution in [2.75, 3.05) is 25.0 Å². The molecule has 1 heterocycles. The van der Waals surface area contributed by atoms with Gasteiger partial charge < -0.3 is 9.80 Å². The average Bonchev–Trinajstić information content (AvgIpc) is 2.47. The van der Waals surface area contributed by atoms with Crippen LogP contribution in [-0.4, -0.2) is 36.9 Å². The molecule has 1 aliphatic rings. The minimum atomic E-state index is 0.00105. The van der Waals surface area contributed by atoms with Crippen molar-refractivity contribution in [3.63, 3.8) is 0 Å². The molecular formula is C17H24N2O2. The van der Waals surface area contributed by atoms with E-state index in [1.807, 2.05) is 29.2 Å². The fourth-order valence-corrected chi connectivity index (χ4v) is 2.72. The van der Waals surface area contributed by atoms with E-state index < -0.39 is 0 Å². The Balaban J connectivity index is 1.96. The molecule has 0 N–H and O–H groups in total. The maximum atomic E-state index is 12.3. The summed E-state index contributed by atoms with van der Waals surface area (Å²) in [5.41, 5.74) is 1.85. The molecule has 0 bridgehead atoms. The topological polar surface area (TPSA) is 40.6 Å². The second-order valence-corrected chi connectivity index (χ2v) is 6.01. The molecule has 1 aromatic rings. The Morgan fingerprint density at radius 1 is 1.29 bits per heavy atom. The lowest BCUT2D eigenvalue weighted by Crippen LogP contribution is -2.39. The predicted octanol–water partition coefficient (Wildman–Crippen LogP) is 2.47. The van der Waals surface area contributed by atoms with E-state index in [0.29, 0.717) is 12.3 Å². The standard InChI is InChI=1S/C17H24N2O2/c1-13-5-4-10-19(12-13)17(21)11-15-6-8-16(9-7-15)18(3)14(2)20/h6-9,13H,4-5,10-12H2,1-3H3. The lowest BCUT2D eigenvalue weighted by atomic mass is 9.99. The van der Waals surface area contributed by atoms with Crippen LogP contribution < -0.4 is 4.90 Å². The highest BCUT2D eigenvalue weighted by atomic mass is 16.2. The van der Waals surface area contributed by atoms with Gasteiger partial charge in [0.1, 0.15) is 0 Å². The van der Waals surface area contributed by atoms with Crippen molar-refractivity contribution < 1.29 is 9.59 Å². The number of carbonyl (C=O) groups excluding carboxylic acids is 2. The number of anilines is 1. The van der Waals surface area contributed by atoms with Gasteiger partial charge >= 0.3 is 0 Å². The fourth-order valence-electron chi connectivity index (χ4n) is 2.72. The van der Waals surface area contributed by atoms with E-state index in [0.717, 1.165) is 30.8 Å². The number of nitrogens with zero attached hydrogens (tertiary/aromatic N) is 2. The van der Waals surface area contributed by atoms with Crippen molar-refractivity contribution in [2.24, 2.45) is 5.92 Å². The Labute approximate surface area is 126 Å². The number of benzene rings is 1. The van der Waals surface area contributed by atoms with Crippen molar-refractivity contribution >= 4 is 17.5 Å². The lowest BCUT2D eigenvalue weighted by Gasteiger charge is -2.31. The van der Waals surface area contributed by atoms with E-state index >= 15 is 0 Å². The number of hydrogen-bond acceptors (Lipinski definition) is 2. The Morgan fingerprint density at radius 3 is 2.52 bits per heavy atom. The maximum absolute atomic E-state index is 12.3. The average molecular weight is 288 g/mol. The first-order valence-corrected chi connectivity index (χ1v) is 7.58. The van der Waals surface area contributed by atoms with Crippen LogP contribution in [0.1, 0.15) is 32.3 Å². The number of likely N-dealkylation sites (tertiary alicyclic amines) is 1. The van der Waals surface area contributed by atoms with Crippen LogP contribution in [0.3, 0.4) is 0 Å². The van der Waals surface area contributed by atoms with Crippen LogP contribution in [-0.2, 0) is 16.0 Å². The van der Waals surface area contributed by atoms with Crippen LogP contribution in [0.5, 0.6) is 0 Å². The van der Waals surface area contributed by atoms with Crippen LogP contribution in [0, 0.1) is 5.92 Å². The molecule has 1 aromatic carbocycles. The number of amides is 2. The second-order valence-electron chi connectivity index (χ2n) is 6.01. The number of piperidine rings is 1. The van der Waals surface area contributed by atoms with Crippen molar-refractivity contribution in [1.29, 1.82) is 0 Å². The summed E-state index contributed by atoms with van der Waals surface area (Å²) in [6.45, 7) is 5.50. The Hall–Kier alpha value is -1.84. The van der Waals surface area contributed by atoms with Crippen molar-refractivity contribution in [1.82, 2.24) is 4.90 Å². The molecule has 1 saturated heterocycles. The quantitative estimate of drug-likeness (QED) is 0.857. The zero-order chi connectivity index (χ0) is 15.4. The fraction of sp³-hybridized carbons (Fsp3) is 0.529. The largest absolute Gasteiger partial charge is 0.342 e. The summed E-state index contributed by atoms with van der Waals surface area (Å²) < 4.78 is 0. The van der Waals surface area contributed by atoms with Gasteiger partial charge in [-0.3, -0.25) is 9.59 Å². The first kappa shape index (κ1) is 15.5. The van der Waals surface area contributed by atoms with Gasteiger partial charge in [0.25, 0.3) is 0 Å². The first-order chi connectivity index (χ1) is 9.97. The zero-order valence-corrected chi connectivity index (χ0v) is 13.1. The molecule has 114 valence electrons. The number of carbonyl (C=O) groups is 2. The third-order valence-corrected chi connectivity index (χ3v) is 4.16. The minimum absolute atomic E-state index is 0.00105. The van der Waals surface area contributed by atoms with E-state index in [4.69, 9.17) is 0 Å². The molecule has 4 nitrogen and oxygen atoms in total. The van der Waals surface area contributed by atoms with E-state index in [1.165, 1.54) is 13.3 Å². The summed E-state index contributed by atoms with van der Waals surface area (Å²) in [6, 6.07) is 7.64. The van der Waals surface area contributed by atoms with Gasteiger partial charge in [-0.25, -0.2) is 0 Å². The SMILES string of the molecule is CC(=O)N(C)c1ccc(CC(=O)N2CCCC(C)C2)cc1. The number of hydrogen-bond donors (Lipinski definition) is 0. The third kappa shape index (κ3) is 4.06. The van der Waals surface area contributed by atoms with E-state index in [2.05, 4.69) is 6.92 Å². The highest BCUT2D eigenvalue weighted by molar-refractivity contribution is 5.90. The van der Waals surface area contributed by atoms with Gasteiger partial charge in [0, 0.05) is 32.7 Å².